The summed E-state index contributed by atoms with van der Waals surface area (Å²) in [4.78, 5) is 17.0. The molecule has 1 aromatic rings. The fraction of sp³-hybridized carbons (Fsp3) is 0.500. The molecule has 174 valence electrons. The summed E-state index contributed by atoms with van der Waals surface area (Å²) < 4.78 is 5.56. The maximum Gasteiger partial charge on any atom is 0.409 e. The van der Waals surface area contributed by atoms with E-state index < -0.39 is 0 Å². The number of hydrogen-bond donors (Lipinski definition) is 1. The molecule has 0 bridgehead atoms. The van der Waals surface area contributed by atoms with Gasteiger partial charge in [0.2, 0.25) is 0 Å². The van der Waals surface area contributed by atoms with Crippen molar-refractivity contribution in [1.82, 2.24) is 9.80 Å². The standard InChI is InChI=1S/C26H36ClN3O2/c1-26(2,3)19-32-25(31)30-14-6-13-29(15-16-30)24-17-20(7-4-5-12-28)8-9-21-18-22(27)10-11-23(21)24/h5,7-12,18,24H,4,6,13-17,19,28H2,1-3H3/b12-5-,20-7-. The molecular weight excluding hydrogens is 422 g/mol. The average molecular weight is 458 g/mol. The van der Waals surface area contributed by atoms with Gasteiger partial charge in [0.05, 0.1) is 6.61 Å². The molecule has 1 saturated heterocycles. The highest BCUT2D eigenvalue weighted by atomic mass is 35.5. The summed E-state index contributed by atoms with van der Waals surface area (Å²) in [6.45, 7) is 9.79. The molecule has 0 radical (unpaired) electrons. The van der Waals surface area contributed by atoms with Crippen LogP contribution in [0.2, 0.25) is 5.02 Å². The zero-order chi connectivity index (χ0) is 23.1. The van der Waals surface area contributed by atoms with Gasteiger partial charge >= 0.3 is 6.09 Å². The van der Waals surface area contributed by atoms with E-state index in [0.717, 1.165) is 49.5 Å². The molecule has 2 aliphatic rings. The number of carbonyl (C=O) groups is 1. The quantitative estimate of drug-likeness (QED) is 0.622. The summed E-state index contributed by atoms with van der Waals surface area (Å²) in [6.07, 6.45) is 12.6. The predicted molar refractivity (Wildman–Crippen MR) is 132 cm³/mol. The molecule has 0 saturated carbocycles. The third-order valence-corrected chi connectivity index (χ3v) is 6.06. The Bertz CT molecular complexity index is 886. The summed E-state index contributed by atoms with van der Waals surface area (Å²) in [5.41, 5.74) is 9.20. The van der Waals surface area contributed by atoms with E-state index in [1.807, 2.05) is 23.1 Å². The van der Waals surface area contributed by atoms with Crippen molar-refractivity contribution < 1.29 is 9.53 Å². The van der Waals surface area contributed by atoms with E-state index in [2.05, 4.69) is 50.0 Å². The number of allylic oxidation sites excluding steroid dienone is 3. The van der Waals surface area contributed by atoms with Crippen molar-refractivity contribution in [3.63, 3.8) is 0 Å². The Hall–Kier alpha value is -2.24. The van der Waals surface area contributed by atoms with Gasteiger partial charge in [-0.15, -0.1) is 0 Å². The number of benzene rings is 1. The Balaban J connectivity index is 1.76. The molecule has 1 heterocycles. The highest BCUT2D eigenvalue weighted by molar-refractivity contribution is 6.30. The van der Waals surface area contributed by atoms with Crippen molar-refractivity contribution in [3.8, 4) is 0 Å². The van der Waals surface area contributed by atoms with Gasteiger partial charge in [0.15, 0.2) is 0 Å². The first-order valence-corrected chi connectivity index (χ1v) is 11.8. The number of hydrogen-bond acceptors (Lipinski definition) is 4. The second-order valence-electron chi connectivity index (χ2n) is 9.76. The van der Waals surface area contributed by atoms with Gasteiger partial charge in [-0.2, -0.15) is 0 Å². The third-order valence-electron chi connectivity index (χ3n) is 5.82. The number of amides is 1. The van der Waals surface area contributed by atoms with Crippen LogP contribution in [0.4, 0.5) is 4.79 Å². The molecular formula is C26H36ClN3O2. The summed E-state index contributed by atoms with van der Waals surface area (Å²) in [5, 5.41) is 0.745. The largest absolute Gasteiger partial charge is 0.449 e. The summed E-state index contributed by atoms with van der Waals surface area (Å²) in [7, 11) is 0. The van der Waals surface area contributed by atoms with Gasteiger partial charge < -0.3 is 15.4 Å². The van der Waals surface area contributed by atoms with Gasteiger partial charge in [0, 0.05) is 37.2 Å². The molecule has 6 heteroatoms. The Kier molecular flexibility index (Phi) is 8.44. The second-order valence-corrected chi connectivity index (χ2v) is 10.2. The lowest BCUT2D eigenvalue weighted by Crippen LogP contribution is -2.37. The Morgan fingerprint density at radius 3 is 2.78 bits per heavy atom. The van der Waals surface area contributed by atoms with Crippen molar-refractivity contribution in [3.05, 3.63) is 64.3 Å². The molecule has 0 spiro atoms. The van der Waals surface area contributed by atoms with Crippen molar-refractivity contribution in [2.24, 2.45) is 11.1 Å². The SMILES string of the molecule is CC(C)(C)COC(=O)N1CCCN(C2C/C(=C\C/C=C\N)C=Cc3cc(Cl)ccc32)CC1. The molecule has 3 rings (SSSR count). The lowest BCUT2D eigenvalue weighted by atomic mass is 9.96. The average Bonchev–Trinajstić information content (AvgIpc) is 3.08. The minimum absolute atomic E-state index is 0.0340. The van der Waals surface area contributed by atoms with Gasteiger partial charge in [-0.3, -0.25) is 4.90 Å². The number of rotatable bonds is 4. The van der Waals surface area contributed by atoms with Crippen LogP contribution in [-0.2, 0) is 4.74 Å². The fourth-order valence-electron chi connectivity index (χ4n) is 4.17. The first kappa shape index (κ1) is 24.4. The number of carbonyl (C=O) groups excluding carboxylic acids is 1. The van der Waals surface area contributed by atoms with Crippen LogP contribution in [0, 0.1) is 5.41 Å². The van der Waals surface area contributed by atoms with Crippen LogP contribution in [0.5, 0.6) is 0 Å². The van der Waals surface area contributed by atoms with E-state index in [9.17, 15) is 4.79 Å². The molecule has 1 unspecified atom stereocenters. The zero-order valence-electron chi connectivity index (χ0n) is 19.5. The molecule has 1 aromatic carbocycles. The van der Waals surface area contributed by atoms with Crippen LogP contribution in [-0.4, -0.2) is 48.7 Å². The van der Waals surface area contributed by atoms with Gasteiger partial charge in [-0.25, -0.2) is 4.79 Å². The monoisotopic (exact) mass is 457 g/mol. The van der Waals surface area contributed by atoms with Crippen LogP contribution in [0.1, 0.15) is 57.2 Å². The molecule has 1 aliphatic heterocycles. The number of nitrogens with zero attached hydrogens (tertiary/aromatic N) is 2. The summed E-state index contributed by atoms with van der Waals surface area (Å²) >= 11 is 6.30. The highest BCUT2D eigenvalue weighted by Crippen LogP contribution is 2.36. The topological polar surface area (TPSA) is 58.8 Å². The van der Waals surface area contributed by atoms with E-state index in [1.54, 1.807) is 6.20 Å². The molecule has 32 heavy (non-hydrogen) atoms. The fourth-order valence-corrected chi connectivity index (χ4v) is 4.35. The number of halogens is 1. The Morgan fingerprint density at radius 1 is 1.22 bits per heavy atom. The van der Waals surface area contributed by atoms with Gasteiger partial charge in [0.1, 0.15) is 0 Å². The molecule has 5 nitrogen and oxygen atoms in total. The Labute approximate surface area is 197 Å². The second kappa shape index (κ2) is 11.1. The van der Waals surface area contributed by atoms with Crippen LogP contribution >= 0.6 is 11.6 Å². The summed E-state index contributed by atoms with van der Waals surface area (Å²) in [5.74, 6) is 0. The van der Waals surface area contributed by atoms with Crippen molar-refractivity contribution in [2.75, 3.05) is 32.8 Å². The first-order chi connectivity index (χ1) is 15.3. The molecule has 1 atom stereocenters. The zero-order valence-corrected chi connectivity index (χ0v) is 20.3. The summed E-state index contributed by atoms with van der Waals surface area (Å²) in [6, 6.07) is 6.39. The minimum atomic E-state index is -0.203. The van der Waals surface area contributed by atoms with Crippen LogP contribution < -0.4 is 5.73 Å². The normalized spacial score (nSPS) is 21.4. The Morgan fingerprint density at radius 2 is 2.03 bits per heavy atom. The first-order valence-electron chi connectivity index (χ1n) is 11.5. The van der Waals surface area contributed by atoms with Crippen LogP contribution in [0.25, 0.3) is 6.08 Å². The van der Waals surface area contributed by atoms with Crippen molar-refractivity contribution in [2.45, 2.75) is 46.1 Å². The van der Waals surface area contributed by atoms with Crippen LogP contribution in [0.3, 0.4) is 0 Å². The molecule has 1 fully saturated rings. The maximum atomic E-state index is 12.6. The van der Waals surface area contributed by atoms with Gasteiger partial charge in [-0.1, -0.05) is 62.7 Å². The molecule has 0 aromatic heterocycles. The van der Waals surface area contributed by atoms with E-state index in [-0.39, 0.29) is 17.6 Å². The van der Waals surface area contributed by atoms with Gasteiger partial charge in [-0.05, 0) is 59.7 Å². The van der Waals surface area contributed by atoms with Gasteiger partial charge in [0.25, 0.3) is 0 Å². The predicted octanol–water partition coefficient (Wildman–Crippen LogP) is 5.78. The van der Waals surface area contributed by atoms with Crippen molar-refractivity contribution in [1.29, 1.82) is 0 Å². The highest BCUT2D eigenvalue weighted by Gasteiger charge is 2.28. The number of fused-ring (bicyclic) bond motifs is 1. The van der Waals surface area contributed by atoms with E-state index in [0.29, 0.717) is 13.2 Å². The lowest BCUT2D eigenvalue weighted by molar-refractivity contribution is 0.0726. The third kappa shape index (κ3) is 6.88. The van der Waals surface area contributed by atoms with E-state index in [1.165, 1.54) is 11.1 Å². The maximum absolute atomic E-state index is 12.6. The van der Waals surface area contributed by atoms with Crippen molar-refractivity contribution >= 4 is 23.8 Å². The lowest BCUT2D eigenvalue weighted by Gasteiger charge is -2.32. The minimum Gasteiger partial charge on any atom is -0.449 e. The number of ether oxygens (including phenoxy) is 1. The molecule has 1 amide bonds. The smallest absolute Gasteiger partial charge is 0.409 e. The molecule has 2 N–H and O–H groups in total. The molecule has 1 aliphatic carbocycles. The van der Waals surface area contributed by atoms with E-state index >= 15 is 0 Å². The van der Waals surface area contributed by atoms with E-state index in [4.69, 9.17) is 22.1 Å². The number of nitrogens with two attached hydrogens (primary N) is 1. The van der Waals surface area contributed by atoms with Crippen LogP contribution in [0.15, 0.2) is 48.2 Å².